The van der Waals surface area contributed by atoms with E-state index in [1.54, 1.807) is 24.0 Å². The van der Waals surface area contributed by atoms with Crippen molar-refractivity contribution in [2.24, 2.45) is 5.92 Å². The van der Waals surface area contributed by atoms with Crippen molar-refractivity contribution in [3.8, 4) is 11.3 Å². The van der Waals surface area contributed by atoms with E-state index in [0.29, 0.717) is 12.4 Å². The summed E-state index contributed by atoms with van der Waals surface area (Å²) < 4.78 is 11.9. The third kappa shape index (κ3) is 2.89. The van der Waals surface area contributed by atoms with Crippen LogP contribution in [0.3, 0.4) is 0 Å². The molecule has 2 heterocycles. The van der Waals surface area contributed by atoms with Gasteiger partial charge in [0.15, 0.2) is 11.8 Å². The maximum atomic E-state index is 12.0. The van der Waals surface area contributed by atoms with Crippen molar-refractivity contribution in [1.82, 2.24) is 14.9 Å². The van der Waals surface area contributed by atoms with Crippen molar-refractivity contribution in [2.75, 3.05) is 6.61 Å². The average Bonchev–Trinajstić information content (AvgIpc) is 2.98. The smallest absolute Gasteiger partial charge is 0.331 e. The topological polar surface area (TPSA) is 70.2 Å². The first-order chi connectivity index (χ1) is 9.52. The van der Waals surface area contributed by atoms with Crippen molar-refractivity contribution < 1.29 is 14.1 Å². The highest BCUT2D eigenvalue weighted by molar-refractivity contribution is 5.74. The number of rotatable bonds is 5. The zero-order chi connectivity index (χ0) is 14.7. The molecule has 2 aromatic rings. The van der Waals surface area contributed by atoms with Crippen LogP contribution < -0.4 is 0 Å². The first-order valence-electron chi connectivity index (χ1n) is 6.67. The first-order valence-corrected chi connectivity index (χ1v) is 6.67. The Labute approximate surface area is 117 Å². The number of carbonyl (C=O) groups excluding carboxylic acids is 1. The monoisotopic (exact) mass is 277 g/mol. The molecule has 0 radical (unpaired) electrons. The van der Waals surface area contributed by atoms with Crippen LogP contribution in [0.1, 0.15) is 32.5 Å². The summed E-state index contributed by atoms with van der Waals surface area (Å²) in [5, 5.41) is 8.10. The van der Waals surface area contributed by atoms with Gasteiger partial charge in [0.1, 0.15) is 0 Å². The predicted octanol–water partition coefficient (Wildman–Crippen LogP) is 2.61. The second kappa shape index (κ2) is 5.90. The Morgan fingerprint density at radius 1 is 1.50 bits per heavy atom. The predicted molar refractivity (Wildman–Crippen MR) is 73.0 cm³/mol. The summed E-state index contributed by atoms with van der Waals surface area (Å²) in [7, 11) is 0. The lowest BCUT2D eigenvalue weighted by atomic mass is 10.1. The number of hydrogen-bond acceptors (Lipinski definition) is 5. The molecule has 1 atom stereocenters. The lowest BCUT2D eigenvalue weighted by Crippen LogP contribution is -2.26. The Morgan fingerprint density at radius 3 is 2.80 bits per heavy atom. The maximum absolute atomic E-state index is 12.0. The Bertz CT molecular complexity index is 586. The van der Waals surface area contributed by atoms with Crippen molar-refractivity contribution in [3.05, 3.63) is 24.2 Å². The van der Waals surface area contributed by atoms with Crippen LogP contribution in [0, 0.1) is 12.8 Å². The van der Waals surface area contributed by atoms with Gasteiger partial charge in [-0.1, -0.05) is 19.0 Å². The third-order valence-corrected chi connectivity index (χ3v) is 2.96. The van der Waals surface area contributed by atoms with Gasteiger partial charge >= 0.3 is 5.97 Å². The molecule has 0 saturated heterocycles. The average molecular weight is 277 g/mol. The van der Waals surface area contributed by atoms with Crippen LogP contribution >= 0.6 is 0 Å². The Kier molecular flexibility index (Phi) is 4.22. The van der Waals surface area contributed by atoms with Crippen LogP contribution in [0.5, 0.6) is 0 Å². The number of hydrogen-bond donors (Lipinski definition) is 0. The van der Waals surface area contributed by atoms with Gasteiger partial charge in [-0.25, -0.2) is 4.79 Å². The second-order valence-corrected chi connectivity index (χ2v) is 4.98. The summed E-state index contributed by atoms with van der Waals surface area (Å²) in [6.07, 6.45) is 3.44. The van der Waals surface area contributed by atoms with E-state index in [1.165, 1.54) is 0 Å². The van der Waals surface area contributed by atoms with E-state index in [4.69, 9.17) is 9.26 Å². The lowest BCUT2D eigenvalue weighted by Gasteiger charge is -2.19. The van der Waals surface area contributed by atoms with Crippen molar-refractivity contribution >= 4 is 5.97 Å². The summed E-state index contributed by atoms with van der Waals surface area (Å²) in [4.78, 5) is 12.0. The van der Waals surface area contributed by atoms with Gasteiger partial charge in [-0.2, -0.15) is 5.10 Å². The van der Waals surface area contributed by atoms with E-state index >= 15 is 0 Å². The SMILES string of the molecule is CCOC(=O)C(C(C)C)n1cc(-c2cc(C)no2)cn1. The molecule has 108 valence electrons. The van der Waals surface area contributed by atoms with Crippen LogP contribution in [0.2, 0.25) is 0 Å². The summed E-state index contributed by atoms with van der Waals surface area (Å²) >= 11 is 0. The van der Waals surface area contributed by atoms with Gasteiger partial charge < -0.3 is 9.26 Å². The van der Waals surface area contributed by atoms with E-state index in [1.807, 2.05) is 26.8 Å². The van der Waals surface area contributed by atoms with Gasteiger partial charge in [0.2, 0.25) is 0 Å². The van der Waals surface area contributed by atoms with Gasteiger partial charge in [-0.05, 0) is 19.8 Å². The summed E-state index contributed by atoms with van der Waals surface area (Å²) in [5.74, 6) is 0.448. The van der Waals surface area contributed by atoms with Crippen LogP contribution in [-0.2, 0) is 9.53 Å². The minimum absolute atomic E-state index is 0.0817. The number of nitrogens with zero attached hydrogens (tertiary/aromatic N) is 3. The Balaban J connectivity index is 2.27. The molecule has 0 amide bonds. The third-order valence-electron chi connectivity index (χ3n) is 2.96. The van der Waals surface area contributed by atoms with Gasteiger partial charge in [0, 0.05) is 12.3 Å². The molecule has 20 heavy (non-hydrogen) atoms. The molecule has 0 aliphatic heterocycles. The molecule has 6 nitrogen and oxygen atoms in total. The van der Waals surface area contributed by atoms with Crippen molar-refractivity contribution in [1.29, 1.82) is 0 Å². The molecule has 2 rings (SSSR count). The van der Waals surface area contributed by atoms with E-state index < -0.39 is 6.04 Å². The van der Waals surface area contributed by atoms with Crippen molar-refractivity contribution in [3.63, 3.8) is 0 Å². The second-order valence-electron chi connectivity index (χ2n) is 4.98. The van der Waals surface area contributed by atoms with Gasteiger partial charge in [-0.15, -0.1) is 0 Å². The zero-order valence-electron chi connectivity index (χ0n) is 12.2. The Hall–Kier alpha value is -2.11. The fourth-order valence-corrected chi connectivity index (χ4v) is 2.03. The number of esters is 1. The molecule has 1 unspecified atom stereocenters. The zero-order valence-corrected chi connectivity index (χ0v) is 12.2. The summed E-state index contributed by atoms with van der Waals surface area (Å²) in [6, 6.07) is 1.39. The molecule has 0 aliphatic rings. The van der Waals surface area contributed by atoms with E-state index in [2.05, 4.69) is 10.3 Å². The molecule has 0 spiro atoms. The quantitative estimate of drug-likeness (QED) is 0.786. The fraction of sp³-hybridized carbons (Fsp3) is 0.500. The highest BCUT2D eigenvalue weighted by atomic mass is 16.5. The summed E-state index contributed by atoms with van der Waals surface area (Å²) in [6.45, 7) is 7.93. The number of aromatic nitrogens is 3. The molecule has 6 heteroatoms. The van der Waals surface area contributed by atoms with E-state index in [9.17, 15) is 4.79 Å². The first kappa shape index (κ1) is 14.3. The normalized spacial score (nSPS) is 12.7. The van der Waals surface area contributed by atoms with Crippen LogP contribution in [-0.4, -0.2) is 27.5 Å². The van der Waals surface area contributed by atoms with E-state index in [0.717, 1.165) is 11.3 Å². The Morgan fingerprint density at radius 2 is 2.25 bits per heavy atom. The highest BCUT2D eigenvalue weighted by Crippen LogP contribution is 2.24. The number of carbonyl (C=O) groups is 1. The van der Waals surface area contributed by atoms with Crippen LogP contribution in [0.4, 0.5) is 0 Å². The largest absolute Gasteiger partial charge is 0.464 e. The van der Waals surface area contributed by atoms with E-state index in [-0.39, 0.29) is 11.9 Å². The molecule has 2 aromatic heterocycles. The van der Waals surface area contributed by atoms with Gasteiger partial charge in [-0.3, -0.25) is 4.68 Å². The van der Waals surface area contributed by atoms with Gasteiger partial charge in [0.25, 0.3) is 0 Å². The molecule has 0 fully saturated rings. The highest BCUT2D eigenvalue weighted by Gasteiger charge is 2.26. The minimum atomic E-state index is -0.437. The number of aryl methyl sites for hydroxylation is 1. The molecule has 0 aromatic carbocycles. The van der Waals surface area contributed by atoms with Crippen molar-refractivity contribution in [2.45, 2.75) is 33.7 Å². The summed E-state index contributed by atoms with van der Waals surface area (Å²) in [5.41, 5.74) is 1.60. The fourth-order valence-electron chi connectivity index (χ4n) is 2.03. The molecular formula is C14H19N3O3. The molecule has 0 bridgehead atoms. The minimum Gasteiger partial charge on any atom is -0.464 e. The van der Waals surface area contributed by atoms with Crippen LogP contribution in [0.15, 0.2) is 23.0 Å². The van der Waals surface area contributed by atoms with Crippen LogP contribution in [0.25, 0.3) is 11.3 Å². The standard InChI is InChI=1S/C14H19N3O3/c1-5-19-14(18)13(9(2)3)17-8-11(7-15-17)12-6-10(4)16-20-12/h6-9,13H,5H2,1-4H3. The molecule has 0 N–H and O–H groups in total. The van der Waals surface area contributed by atoms with Gasteiger partial charge in [0.05, 0.1) is 24.1 Å². The maximum Gasteiger partial charge on any atom is 0.331 e. The molecular weight excluding hydrogens is 258 g/mol. The lowest BCUT2D eigenvalue weighted by molar-refractivity contribution is -0.149. The molecule has 0 aliphatic carbocycles. The molecule has 0 saturated carbocycles. The number of ether oxygens (including phenoxy) is 1.